The van der Waals surface area contributed by atoms with E-state index in [1.54, 1.807) is 0 Å². The summed E-state index contributed by atoms with van der Waals surface area (Å²) in [6.07, 6.45) is 40.1. The molecule has 0 rings (SSSR count). The van der Waals surface area contributed by atoms with E-state index in [-0.39, 0.29) is 13.2 Å². The molecule has 3 nitrogen and oxygen atoms in total. The Kier molecular flexibility index (Phi) is 317. The van der Waals surface area contributed by atoms with Crippen molar-refractivity contribution in [3.05, 3.63) is 158 Å². The Labute approximate surface area is 391 Å². The van der Waals surface area contributed by atoms with E-state index in [0.717, 1.165) is 13.2 Å². The van der Waals surface area contributed by atoms with Crippen molar-refractivity contribution in [1.29, 1.82) is 0 Å². The molecule has 370 valence electrons. The van der Waals surface area contributed by atoms with Gasteiger partial charge in [0.15, 0.2) is 0 Å². The summed E-state index contributed by atoms with van der Waals surface area (Å²) in [7, 11) is 0. The second-order valence-electron chi connectivity index (χ2n) is 11.3. The Morgan fingerprint density at radius 3 is 0.443 bits per heavy atom. The van der Waals surface area contributed by atoms with Crippen molar-refractivity contribution < 1.29 is 14.9 Å². The summed E-state index contributed by atoms with van der Waals surface area (Å²) < 4.78 is 5.85. The molecule has 0 heterocycles. The van der Waals surface area contributed by atoms with Crippen LogP contribution in [0.15, 0.2) is 158 Å². The fourth-order valence-corrected chi connectivity index (χ4v) is 4.90. The number of aliphatic hydroxyl groups is 2. The molecule has 0 atom stereocenters. The van der Waals surface area contributed by atoms with E-state index in [9.17, 15) is 0 Å². The Morgan fingerprint density at radius 1 is 0.213 bits per heavy atom. The van der Waals surface area contributed by atoms with E-state index < -0.39 is 0 Å². The van der Waals surface area contributed by atoms with Crippen LogP contribution in [-0.4, -0.2) is 36.6 Å². The number of aliphatic hydroxyl groups excluding tert-OH is 2. The summed E-state index contributed by atoms with van der Waals surface area (Å²) in [5.41, 5.74) is 0. The van der Waals surface area contributed by atoms with Gasteiger partial charge < -0.3 is 14.9 Å². The molecule has 0 spiro atoms. The van der Waals surface area contributed by atoms with Gasteiger partial charge in [0.05, 0.1) is 13.2 Å². The Bertz CT molecular complexity index is 437. The Balaban J connectivity index is -0.0000000548. The van der Waals surface area contributed by atoms with E-state index in [2.05, 4.69) is 172 Å². The average molecular weight is 866 g/mol. The summed E-state index contributed by atoms with van der Waals surface area (Å²) in [6.45, 7) is 78.3. The predicted octanol–water partition coefficient (Wildman–Crippen LogP) is 20.6. The first kappa shape index (κ1) is 97.2. The average Bonchev–Trinajstić information content (AvgIpc) is 3.38. The van der Waals surface area contributed by atoms with Crippen LogP contribution in [-0.2, 0) is 4.74 Å². The molecule has 0 aliphatic heterocycles. The molecule has 0 saturated heterocycles. The first-order valence-corrected chi connectivity index (χ1v) is 23.1. The fraction of sp³-hybridized carbons (Fsp3) is 0.586. The molecule has 3 heteroatoms. The van der Waals surface area contributed by atoms with E-state index >= 15 is 0 Å². The predicted molar refractivity (Wildman–Crippen MR) is 301 cm³/mol. The van der Waals surface area contributed by atoms with Gasteiger partial charge in [-0.3, -0.25) is 0 Å². The zero-order chi connectivity index (χ0) is 51.3. The van der Waals surface area contributed by atoms with E-state index in [0.29, 0.717) is 0 Å². The SMILES string of the molecule is C=C.C=C.C=C.C=C.C=C.C=C.C=C.C=C.C=C.C=C.C=C.C=C.CCCCCCCCCCCCCCCCOCCCCCCCCCCCCCCCC.OCCO. The Morgan fingerprint density at radius 2 is 0.328 bits per heavy atom. The maximum Gasteiger partial charge on any atom is 0.0662 e. The third kappa shape index (κ3) is 221. The van der Waals surface area contributed by atoms with E-state index in [1.807, 2.05) is 0 Å². The molecule has 0 aliphatic carbocycles. The maximum atomic E-state index is 7.62. The van der Waals surface area contributed by atoms with Crippen molar-refractivity contribution >= 4 is 0 Å². The molecule has 0 unspecified atom stereocenters. The molecule has 0 amide bonds. The highest BCUT2D eigenvalue weighted by atomic mass is 16.5. The lowest BCUT2D eigenvalue weighted by Gasteiger charge is -2.05. The van der Waals surface area contributed by atoms with Crippen LogP contribution in [0.5, 0.6) is 0 Å². The maximum absolute atomic E-state index is 7.62. The van der Waals surface area contributed by atoms with Crippen LogP contribution in [0.4, 0.5) is 0 Å². The first-order chi connectivity index (χ1) is 30.3. The van der Waals surface area contributed by atoms with Gasteiger partial charge in [0.1, 0.15) is 0 Å². The van der Waals surface area contributed by atoms with Gasteiger partial charge in [-0.1, -0.05) is 181 Å². The van der Waals surface area contributed by atoms with Crippen LogP contribution in [0, 0.1) is 0 Å². The fourth-order valence-electron chi connectivity index (χ4n) is 4.90. The van der Waals surface area contributed by atoms with Crippen LogP contribution in [0.2, 0.25) is 0 Å². The van der Waals surface area contributed by atoms with Crippen LogP contribution >= 0.6 is 0 Å². The number of ether oxygens (including phenoxy) is 1. The van der Waals surface area contributed by atoms with Gasteiger partial charge in [-0.2, -0.15) is 0 Å². The van der Waals surface area contributed by atoms with Crippen LogP contribution in [0.1, 0.15) is 194 Å². The number of rotatable bonds is 31. The first-order valence-electron chi connectivity index (χ1n) is 23.1. The molecule has 0 aromatic heterocycles. The zero-order valence-electron chi connectivity index (χ0n) is 42.9. The highest BCUT2D eigenvalue weighted by Crippen LogP contribution is 2.14. The summed E-state index contributed by atoms with van der Waals surface area (Å²) in [6, 6.07) is 0. The normalized spacial score (nSPS) is 7.48. The highest BCUT2D eigenvalue weighted by Gasteiger charge is 1.96. The van der Waals surface area contributed by atoms with Gasteiger partial charge in [-0.15, -0.1) is 158 Å². The Hall–Kier alpha value is -3.24. The molecule has 0 aliphatic rings. The number of unbranched alkanes of at least 4 members (excludes halogenated alkanes) is 26. The summed E-state index contributed by atoms with van der Waals surface area (Å²) in [5, 5.41) is 15.2. The van der Waals surface area contributed by atoms with Crippen molar-refractivity contribution in [2.24, 2.45) is 0 Å². The van der Waals surface area contributed by atoms with Crippen molar-refractivity contribution in [2.75, 3.05) is 26.4 Å². The molecule has 0 radical (unpaired) electrons. The smallest absolute Gasteiger partial charge is 0.0662 e. The molecule has 0 aromatic carbocycles. The van der Waals surface area contributed by atoms with Crippen LogP contribution in [0.25, 0.3) is 0 Å². The lowest BCUT2D eigenvalue weighted by molar-refractivity contribution is 0.125. The van der Waals surface area contributed by atoms with E-state index in [4.69, 9.17) is 14.9 Å². The minimum atomic E-state index is -0.125. The van der Waals surface area contributed by atoms with Crippen LogP contribution in [0.3, 0.4) is 0 Å². The van der Waals surface area contributed by atoms with Crippen LogP contribution < -0.4 is 0 Å². The zero-order valence-corrected chi connectivity index (χ0v) is 42.9. The number of hydrogen-bond donors (Lipinski definition) is 2. The molecule has 2 N–H and O–H groups in total. The molecule has 0 aromatic rings. The monoisotopic (exact) mass is 865 g/mol. The van der Waals surface area contributed by atoms with Crippen molar-refractivity contribution in [2.45, 2.75) is 194 Å². The lowest BCUT2D eigenvalue weighted by Crippen LogP contribution is -1.97. The summed E-state index contributed by atoms with van der Waals surface area (Å²) >= 11 is 0. The second-order valence-corrected chi connectivity index (χ2v) is 11.3. The third-order valence-electron chi connectivity index (χ3n) is 7.38. The van der Waals surface area contributed by atoms with Gasteiger partial charge in [0, 0.05) is 13.2 Å². The molecule has 0 bridgehead atoms. The standard InChI is InChI=1S/C32H66O.C2H6O2.12C2H4/c1-3-5-7-9-11-13-15-17-19-21-23-25-27-29-31-33-32-30-28-26-24-22-20-18-16-14-12-10-8-6-4-2;3-1-2-4;12*1-2/h3-32H2,1-2H3;3-4H,1-2H2;12*1-2H2. The van der Waals surface area contributed by atoms with Gasteiger partial charge in [-0.25, -0.2) is 0 Å². The highest BCUT2D eigenvalue weighted by molar-refractivity contribution is 4.51. The van der Waals surface area contributed by atoms with E-state index in [1.165, 1.54) is 180 Å². The third-order valence-corrected chi connectivity index (χ3v) is 7.38. The molecular formula is C58H120O3. The topological polar surface area (TPSA) is 49.7 Å². The molecular weight excluding hydrogens is 745 g/mol. The largest absolute Gasteiger partial charge is 0.394 e. The summed E-state index contributed by atoms with van der Waals surface area (Å²) in [4.78, 5) is 0. The molecule has 0 saturated carbocycles. The second kappa shape index (κ2) is 199. The van der Waals surface area contributed by atoms with Gasteiger partial charge in [-0.05, 0) is 12.8 Å². The van der Waals surface area contributed by atoms with Gasteiger partial charge >= 0.3 is 0 Å². The molecule has 0 fully saturated rings. The van der Waals surface area contributed by atoms with Crippen molar-refractivity contribution in [1.82, 2.24) is 0 Å². The number of hydrogen-bond acceptors (Lipinski definition) is 3. The lowest BCUT2D eigenvalue weighted by atomic mass is 10.0. The van der Waals surface area contributed by atoms with Gasteiger partial charge in [0.25, 0.3) is 0 Å². The van der Waals surface area contributed by atoms with Gasteiger partial charge in [0.2, 0.25) is 0 Å². The molecule has 61 heavy (non-hydrogen) atoms. The quantitative estimate of drug-likeness (QED) is 0.0539. The minimum Gasteiger partial charge on any atom is -0.394 e. The van der Waals surface area contributed by atoms with Crippen molar-refractivity contribution in [3.63, 3.8) is 0 Å². The van der Waals surface area contributed by atoms with Crippen molar-refractivity contribution in [3.8, 4) is 0 Å². The summed E-state index contributed by atoms with van der Waals surface area (Å²) in [5.74, 6) is 0. The minimum absolute atomic E-state index is 0.125.